The van der Waals surface area contributed by atoms with Crippen molar-refractivity contribution in [2.75, 3.05) is 29.9 Å². The maximum Gasteiger partial charge on any atom is 0.255 e. The summed E-state index contributed by atoms with van der Waals surface area (Å²) in [6.45, 7) is 2.92. The molecule has 31 heavy (non-hydrogen) atoms. The molecule has 1 saturated carbocycles. The van der Waals surface area contributed by atoms with E-state index in [4.69, 9.17) is 0 Å². The zero-order valence-electron chi connectivity index (χ0n) is 18.0. The normalized spacial score (nSPS) is 25.6. The maximum absolute atomic E-state index is 12.7. The summed E-state index contributed by atoms with van der Waals surface area (Å²) in [6, 6.07) is 16.1. The summed E-state index contributed by atoms with van der Waals surface area (Å²) in [4.78, 5) is 27.3. The number of anilines is 2. The van der Waals surface area contributed by atoms with Gasteiger partial charge in [-0.25, -0.2) is 0 Å². The number of hydrogen-bond donors (Lipinski definition) is 2. The molecule has 5 rings (SSSR count). The highest BCUT2D eigenvalue weighted by Gasteiger charge is 2.40. The lowest BCUT2D eigenvalue weighted by Crippen LogP contribution is -2.47. The number of benzene rings is 2. The van der Waals surface area contributed by atoms with Crippen molar-refractivity contribution in [3.63, 3.8) is 0 Å². The summed E-state index contributed by atoms with van der Waals surface area (Å²) in [5.74, 6) is 1.12. The van der Waals surface area contributed by atoms with E-state index in [1.165, 1.54) is 30.5 Å². The number of nitrogens with zero attached hydrogens (tertiary/aromatic N) is 1. The Kier molecular flexibility index (Phi) is 5.66. The molecule has 2 saturated heterocycles. The number of amides is 2. The van der Waals surface area contributed by atoms with Crippen LogP contribution in [0, 0.1) is 11.8 Å². The van der Waals surface area contributed by atoms with E-state index in [-0.39, 0.29) is 17.7 Å². The molecule has 2 aromatic rings. The minimum absolute atomic E-state index is 0.0852. The van der Waals surface area contributed by atoms with E-state index < -0.39 is 0 Å². The molecule has 2 N–H and O–H groups in total. The summed E-state index contributed by atoms with van der Waals surface area (Å²) in [5, 5.41) is 6.13. The fraction of sp³-hybridized carbons (Fsp3) is 0.462. The van der Waals surface area contributed by atoms with Gasteiger partial charge >= 0.3 is 0 Å². The van der Waals surface area contributed by atoms with Crippen LogP contribution in [0.5, 0.6) is 0 Å². The van der Waals surface area contributed by atoms with Crippen LogP contribution >= 0.6 is 0 Å². The Balaban J connectivity index is 1.24. The second-order valence-electron chi connectivity index (χ2n) is 9.22. The van der Waals surface area contributed by atoms with Crippen LogP contribution in [0.15, 0.2) is 48.5 Å². The maximum atomic E-state index is 12.7. The zero-order valence-corrected chi connectivity index (χ0v) is 18.0. The highest BCUT2D eigenvalue weighted by molar-refractivity contribution is 6.04. The van der Waals surface area contributed by atoms with Crippen LogP contribution in [0.1, 0.15) is 60.4 Å². The van der Waals surface area contributed by atoms with Gasteiger partial charge in [-0.2, -0.15) is 0 Å². The largest absolute Gasteiger partial charge is 0.372 e. The lowest BCUT2D eigenvalue weighted by Gasteiger charge is -2.41. The van der Waals surface area contributed by atoms with Gasteiger partial charge in [-0.1, -0.05) is 25.0 Å². The van der Waals surface area contributed by atoms with Gasteiger partial charge in [0.1, 0.15) is 0 Å². The first kappa shape index (κ1) is 20.1. The van der Waals surface area contributed by atoms with E-state index in [0.717, 1.165) is 44.6 Å². The molecule has 3 fully saturated rings. The SMILES string of the molecule is O=C(Nc1ccc(C2CNC(=O)C3CCCCC32)cc1)c1ccc(N2CCCC2)cc1. The van der Waals surface area contributed by atoms with Gasteiger partial charge in [0.05, 0.1) is 0 Å². The van der Waals surface area contributed by atoms with E-state index in [2.05, 4.69) is 27.7 Å². The van der Waals surface area contributed by atoms with Crippen molar-refractivity contribution in [3.8, 4) is 0 Å². The Labute approximate surface area is 184 Å². The molecule has 2 aromatic carbocycles. The minimum atomic E-state index is -0.0852. The minimum Gasteiger partial charge on any atom is -0.372 e. The first-order chi connectivity index (χ1) is 15.2. The zero-order chi connectivity index (χ0) is 21.2. The average molecular weight is 418 g/mol. The van der Waals surface area contributed by atoms with Crippen molar-refractivity contribution < 1.29 is 9.59 Å². The Bertz CT molecular complexity index is 932. The second kappa shape index (κ2) is 8.74. The fourth-order valence-corrected chi connectivity index (χ4v) is 5.64. The molecule has 0 aromatic heterocycles. The number of rotatable bonds is 4. The predicted molar refractivity (Wildman–Crippen MR) is 123 cm³/mol. The molecule has 2 amide bonds. The summed E-state index contributed by atoms with van der Waals surface area (Å²) in [5.41, 5.74) is 3.92. The molecule has 3 aliphatic rings. The lowest BCUT2D eigenvalue weighted by molar-refractivity contribution is -0.130. The Morgan fingerprint density at radius 1 is 0.871 bits per heavy atom. The highest BCUT2D eigenvalue weighted by atomic mass is 16.2. The summed E-state index contributed by atoms with van der Waals surface area (Å²) < 4.78 is 0. The van der Waals surface area contributed by atoms with Gasteiger partial charge in [0.15, 0.2) is 0 Å². The van der Waals surface area contributed by atoms with Gasteiger partial charge in [-0.3, -0.25) is 9.59 Å². The molecule has 2 heterocycles. The van der Waals surface area contributed by atoms with Crippen LogP contribution in [0.4, 0.5) is 11.4 Å². The van der Waals surface area contributed by atoms with Gasteiger partial charge in [-0.15, -0.1) is 0 Å². The summed E-state index contributed by atoms with van der Waals surface area (Å²) in [6.07, 6.45) is 7.01. The van der Waals surface area contributed by atoms with Crippen molar-refractivity contribution in [1.29, 1.82) is 0 Å². The van der Waals surface area contributed by atoms with Crippen LogP contribution in [-0.4, -0.2) is 31.4 Å². The van der Waals surface area contributed by atoms with Crippen LogP contribution in [0.3, 0.4) is 0 Å². The second-order valence-corrected chi connectivity index (χ2v) is 9.22. The first-order valence-corrected chi connectivity index (χ1v) is 11.7. The molecule has 3 atom stereocenters. The molecule has 0 spiro atoms. The average Bonchev–Trinajstić information content (AvgIpc) is 3.35. The van der Waals surface area contributed by atoms with E-state index in [9.17, 15) is 9.59 Å². The number of carbonyl (C=O) groups is 2. The quantitative estimate of drug-likeness (QED) is 0.767. The first-order valence-electron chi connectivity index (χ1n) is 11.7. The molecule has 2 aliphatic heterocycles. The Morgan fingerprint density at radius 2 is 1.58 bits per heavy atom. The van der Waals surface area contributed by atoms with Crippen molar-refractivity contribution in [2.24, 2.45) is 11.8 Å². The third kappa shape index (κ3) is 4.18. The van der Waals surface area contributed by atoms with Gasteiger partial charge in [0.25, 0.3) is 5.91 Å². The standard InChI is InChI=1S/C26H31N3O2/c30-25(19-9-13-21(14-10-19)29-15-3-4-16-29)28-20-11-7-18(8-12-20)24-17-27-26(31)23-6-2-1-5-22(23)24/h7-14,22-24H,1-6,15-17H2,(H,27,31)(H,28,30). The van der Waals surface area contributed by atoms with E-state index in [0.29, 0.717) is 17.4 Å². The third-order valence-corrected chi connectivity index (χ3v) is 7.37. The smallest absolute Gasteiger partial charge is 0.255 e. The van der Waals surface area contributed by atoms with E-state index in [1.54, 1.807) is 0 Å². The fourth-order valence-electron chi connectivity index (χ4n) is 5.64. The number of carbonyl (C=O) groups excluding carboxylic acids is 2. The summed E-state index contributed by atoms with van der Waals surface area (Å²) in [7, 11) is 0. The molecule has 3 unspecified atom stereocenters. The number of hydrogen-bond acceptors (Lipinski definition) is 3. The van der Waals surface area contributed by atoms with Crippen LogP contribution in [-0.2, 0) is 4.79 Å². The molecule has 0 radical (unpaired) electrons. The molecule has 1 aliphatic carbocycles. The topological polar surface area (TPSA) is 61.4 Å². The molecular formula is C26H31N3O2. The van der Waals surface area contributed by atoms with Crippen LogP contribution < -0.4 is 15.5 Å². The lowest BCUT2D eigenvalue weighted by atomic mass is 9.68. The molecule has 5 nitrogen and oxygen atoms in total. The number of nitrogens with one attached hydrogen (secondary N) is 2. The van der Waals surface area contributed by atoms with Gasteiger partial charge < -0.3 is 15.5 Å². The van der Waals surface area contributed by atoms with Crippen molar-refractivity contribution in [1.82, 2.24) is 5.32 Å². The molecule has 162 valence electrons. The van der Waals surface area contributed by atoms with Gasteiger partial charge in [0, 0.05) is 48.4 Å². The third-order valence-electron chi connectivity index (χ3n) is 7.37. The van der Waals surface area contributed by atoms with Crippen molar-refractivity contribution in [2.45, 2.75) is 44.4 Å². The molecule has 0 bridgehead atoms. The van der Waals surface area contributed by atoms with Crippen LogP contribution in [0.25, 0.3) is 0 Å². The van der Waals surface area contributed by atoms with Crippen LogP contribution in [0.2, 0.25) is 0 Å². The van der Waals surface area contributed by atoms with Crippen molar-refractivity contribution >= 4 is 23.2 Å². The molecule has 5 heteroatoms. The Hall–Kier alpha value is -2.82. The monoisotopic (exact) mass is 417 g/mol. The number of piperidine rings is 1. The predicted octanol–water partition coefficient (Wildman–Crippen LogP) is 4.56. The van der Waals surface area contributed by atoms with Gasteiger partial charge in [-0.05, 0) is 73.6 Å². The summed E-state index contributed by atoms with van der Waals surface area (Å²) >= 11 is 0. The van der Waals surface area contributed by atoms with E-state index >= 15 is 0 Å². The van der Waals surface area contributed by atoms with E-state index in [1.807, 2.05) is 36.4 Å². The van der Waals surface area contributed by atoms with Crippen molar-refractivity contribution in [3.05, 3.63) is 59.7 Å². The Morgan fingerprint density at radius 3 is 2.32 bits per heavy atom. The molecular weight excluding hydrogens is 386 g/mol. The highest BCUT2D eigenvalue weighted by Crippen LogP contribution is 2.42. The number of fused-ring (bicyclic) bond motifs is 1. The van der Waals surface area contributed by atoms with Gasteiger partial charge in [0.2, 0.25) is 5.91 Å².